The van der Waals surface area contributed by atoms with E-state index in [0.717, 1.165) is 44.5 Å². The summed E-state index contributed by atoms with van der Waals surface area (Å²) < 4.78 is 0. The highest BCUT2D eigenvalue weighted by Crippen LogP contribution is 2.28. The summed E-state index contributed by atoms with van der Waals surface area (Å²) in [5.41, 5.74) is 2.32. The monoisotopic (exact) mass is 301 g/mol. The van der Waals surface area contributed by atoms with Crippen molar-refractivity contribution in [2.45, 2.75) is 45.1 Å². The number of amides is 2. The number of rotatable bonds is 4. The number of piperidine rings is 1. The summed E-state index contributed by atoms with van der Waals surface area (Å²) in [6.45, 7) is 3.45. The van der Waals surface area contributed by atoms with Gasteiger partial charge in [0.05, 0.1) is 5.56 Å². The molecule has 2 N–H and O–H groups in total. The molecule has 3 rings (SSSR count). The predicted molar refractivity (Wildman–Crippen MR) is 87.3 cm³/mol. The largest absolute Gasteiger partial charge is 0.371 e. The Morgan fingerprint density at radius 2 is 1.86 bits per heavy atom. The van der Waals surface area contributed by atoms with E-state index in [1.165, 1.54) is 13.3 Å². The average molecular weight is 301 g/mol. The van der Waals surface area contributed by atoms with E-state index in [9.17, 15) is 9.59 Å². The summed E-state index contributed by atoms with van der Waals surface area (Å²) in [7, 11) is 0. The number of anilines is 2. The van der Waals surface area contributed by atoms with Crippen LogP contribution in [-0.4, -0.2) is 30.9 Å². The molecule has 1 aliphatic heterocycles. The molecule has 0 spiro atoms. The molecule has 2 fully saturated rings. The van der Waals surface area contributed by atoms with Gasteiger partial charge < -0.3 is 15.5 Å². The zero-order valence-electron chi connectivity index (χ0n) is 13.0. The highest BCUT2D eigenvalue weighted by Gasteiger charge is 2.26. The van der Waals surface area contributed by atoms with E-state index in [1.54, 1.807) is 6.07 Å². The van der Waals surface area contributed by atoms with Crippen molar-refractivity contribution in [2.24, 2.45) is 0 Å². The number of carbonyl (C=O) groups is 2. The highest BCUT2D eigenvalue weighted by molar-refractivity contribution is 6.02. The smallest absolute Gasteiger partial charge is 0.253 e. The second-order valence-corrected chi connectivity index (χ2v) is 6.21. The van der Waals surface area contributed by atoms with E-state index in [1.807, 2.05) is 12.1 Å². The third-order valence-corrected chi connectivity index (χ3v) is 4.17. The first-order valence-corrected chi connectivity index (χ1v) is 8.11. The molecule has 1 aromatic carbocycles. The van der Waals surface area contributed by atoms with E-state index in [0.29, 0.717) is 17.3 Å². The van der Waals surface area contributed by atoms with Gasteiger partial charge >= 0.3 is 0 Å². The molecule has 0 atom stereocenters. The van der Waals surface area contributed by atoms with Crippen LogP contribution in [-0.2, 0) is 4.79 Å². The molecule has 22 heavy (non-hydrogen) atoms. The Hall–Kier alpha value is -2.04. The summed E-state index contributed by atoms with van der Waals surface area (Å²) in [6, 6.07) is 5.95. The van der Waals surface area contributed by atoms with Crippen LogP contribution >= 0.6 is 0 Å². The third-order valence-electron chi connectivity index (χ3n) is 4.17. The fraction of sp³-hybridized carbons (Fsp3) is 0.529. The van der Waals surface area contributed by atoms with Crippen molar-refractivity contribution >= 4 is 23.2 Å². The molecule has 1 heterocycles. The second-order valence-electron chi connectivity index (χ2n) is 6.21. The lowest BCUT2D eigenvalue weighted by Gasteiger charge is -2.30. The van der Waals surface area contributed by atoms with E-state index in [2.05, 4.69) is 15.5 Å². The molecular formula is C17H23N3O2. The van der Waals surface area contributed by atoms with E-state index >= 15 is 0 Å². The number of hydrogen-bond acceptors (Lipinski definition) is 3. The minimum Gasteiger partial charge on any atom is -0.371 e. The first-order chi connectivity index (χ1) is 10.6. The molecule has 2 amide bonds. The predicted octanol–water partition coefficient (Wildman–Crippen LogP) is 2.53. The van der Waals surface area contributed by atoms with E-state index < -0.39 is 0 Å². The van der Waals surface area contributed by atoms with Gasteiger partial charge in [0.25, 0.3) is 5.91 Å². The number of carbonyl (C=O) groups excluding carboxylic acids is 2. The van der Waals surface area contributed by atoms with Crippen molar-refractivity contribution < 1.29 is 9.59 Å². The van der Waals surface area contributed by atoms with Crippen LogP contribution in [0.25, 0.3) is 0 Å². The molecular weight excluding hydrogens is 278 g/mol. The van der Waals surface area contributed by atoms with Crippen LogP contribution in [0.3, 0.4) is 0 Å². The van der Waals surface area contributed by atoms with Crippen LogP contribution in [0.4, 0.5) is 11.4 Å². The lowest BCUT2D eigenvalue weighted by atomic mass is 10.1. The number of nitrogens with one attached hydrogen (secondary N) is 2. The van der Waals surface area contributed by atoms with Gasteiger partial charge in [-0.3, -0.25) is 9.59 Å². The Kier molecular flexibility index (Phi) is 4.32. The molecule has 0 aromatic heterocycles. The fourth-order valence-electron chi connectivity index (χ4n) is 2.90. The molecule has 0 radical (unpaired) electrons. The minimum absolute atomic E-state index is 0.0322. The summed E-state index contributed by atoms with van der Waals surface area (Å²) in [5.74, 6) is -0.158. The maximum Gasteiger partial charge on any atom is 0.253 e. The fourth-order valence-corrected chi connectivity index (χ4v) is 2.90. The highest BCUT2D eigenvalue weighted by atomic mass is 16.2. The number of hydrogen-bond donors (Lipinski definition) is 2. The summed E-state index contributed by atoms with van der Waals surface area (Å²) in [5, 5.41) is 5.81. The summed E-state index contributed by atoms with van der Waals surface area (Å²) in [6.07, 6.45) is 5.71. The van der Waals surface area contributed by atoms with Crippen molar-refractivity contribution in [1.29, 1.82) is 0 Å². The van der Waals surface area contributed by atoms with Crippen LogP contribution in [0.2, 0.25) is 0 Å². The maximum atomic E-state index is 12.5. The average Bonchev–Trinajstić information content (AvgIpc) is 3.31. The normalized spacial score (nSPS) is 18.0. The quantitative estimate of drug-likeness (QED) is 0.898. The van der Waals surface area contributed by atoms with Crippen molar-refractivity contribution in [3.63, 3.8) is 0 Å². The molecule has 118 valence electrons. The van der Waals surface area contributed by atoms with Gasteiger partial charge in [-0.25, -0.2) is 0 Å². The SMILES string of the molecule is CC(=O)Nc1ccc(N2CCCCC2)c(C(=O)NC2CC2)c1. The van der Waals surface area contributed by atoms with Gasteiger partial charge in [-0.05, 0) is 50.3 Å². The molecule has 0 unspecified atom stereocenters. The lowest BCUT2D eigenvalue weighted by Crippen LogP contribution is -2.33. The Bertz CT molecular complexity index is 575. The number of benzene rings is 1. The molecule has 1 aliphatic carbocycles. The lowest BCUT2D eigenvalue weighted by molar-refractivity contribution is -0.114. The van der Waals surface area contributed by atoms with E-state index in [4.69, 9.17) is 0 Å². The first-order valence-electron chi connectivity index (χ1n) is 8.11. The molecule has 0 bridgehead atoms. The van der Waals surface area contributed by atoms with Gasteiger partial charge in [-0.2, -0.15) is 0 Å². The summed E-state index contributed by atoms with van der Waals surface area (Å²) >= 11 is 0. The van der Waals surface area contributed by atoms with Crippen LogP contribution in [0.15, 0.2) is 18.2 Å². The first kappa shape index (κ1) is 14.9. The maximum absolute atomic E-state index is 12.5. The Balaban J connectivity index is 1.88. The Morgan fingerprint density at radius 1 is 1.14 bits per heavy atom. The molecule has 5 nitrogen and oxygen atoms in total. The molecule has 1 saturated heterocycles. The Labute approximate surface area is 131 Å². The molecule has 1 saturated carbocycles. The standard InChI is InChI=1S/C17H23N3O2/c1-12(21)18-14-7-8-16(20-9-3-2-4-10-20)15(11-14)17(22)19-13-5-6-13/h7-8,11,13H,2-6,9-10H2,1H3,(H,18,21)(H,19,22). The zero-order valence-corrected chi connectivity index (χ0v) is 13.0. The third kappa shape index (κ3) is 3.59. The van der Waals surface area contributed by atoms with Gasteiger partial charge in [0.15, 0.2) is 0 Å². The van der Waals surface area contributed by atoms with Crippen LogP contribution in [0.1, 0.15) is 49.4 Å². The second kappa shape index (κ2) is 6.38. The van der Waals surface area contributed by atoms with Crippen LogP contribution in [0.5, 0.6) is 0 Å². The van der Waals surface area contributed by atoms with Crippen molar-refractivity contribution in [1.82, 2.24) is 5.32 Å². The molecule has 5 heteroatoms. The van der Waals surface area contributed by atoms with Crippen LogP contribution in [0, 0.1) is 0 Å². The van der Waals surface area contributed by atoms with Crippen molar-refractivity contribution in [2.75, 3.05) is 23.3 Å². The van der Waals surface area contributed by atoms with Gasteiger partial charge in [-0.15, -0.1) is 0 Å². The molecule has 2 aliphatic rings. The van der Waals surface area contributed by atoms with Gasteiger partial charge in [-0.1, -0.05) is 0 Å². The van der Waals surface area contributed by atoms with Gasteiger partial charge in [0.1, 0.15) is 0 Å². The van der Waals surface area contributed by atoms with Crippen molar-refractivity contribution in [3.8, 4) is 0 Å². The summed E-state index contributed by atoms with van der Waals surface area (Å²) in [4.78, 5) is 26.1. The van der Waals surface area contributed by atoms with Gasteiger partial charge in [0, 0.05) is 37.4 Å². The van der Waals surface area contributed by atoms with Crippen LogP contribution < -0.4 is 15.5 Å². The zero-order chi connectivity index (χ0) is 15.5. The molecule has 1 aromatic rings. The van der Waals surface area contributed by atoms with Crippen molar-refractivity contribution in [3.05, 3.63) is 23.8 Å². The van der Waals surface area contributed by atoms with Gasteiger partial charge in [0.2, 0.25) is 5.91 Å². The minimum atomic E-state index is -0.126. The number of nitrogens with zero attached hydrogens (tertiary/aromatic N) is 1. The Morgan fingerprint density at radius 3 is 2.50 bits per heavy atom. The van der Waals surface area contributed by atoms with E-state index in [-0.39, 0.29) is 11.8 Å². The topological polar surface area (TPSA) is 61.4 Å².